The predicted molar refractivity (Wildman–Crippen MR) is 96.9 cm³/mol. The van der Waals surface area contributed by atoms with E-state index in [1.165, 1.54) is 0 Å². The molecule has 3 rings (SSSR count). The van der Waals surface area contributed by atoms with Gasteiger partial charge in [-0.2, -0.15) is 0 Å². The minimum absolute atomic E-state index is 0.0282. The molecule has 0 bridgehead atoms. The van der Waals surface area contributed by atoms with Crippen LogP contribution in [0.2, 0.25) is 0 Å². The highest BCUT2D eigenvalue weighted by atomic mass is 79.9. The smallest absolute Gasteiger partial charge is 0.230 e. The number of pyridine rings is 1. The van der Waals surface area contributed by atoms with Crippen LogP contribution in [0.15, 0.2) is 41.0 Å². The summed E-state index contributed by atoms with van der Waals surface area (Å²) >= 11 is 3.35. The van der Waals surface area contributed by atoms with Crippen molar-refractivity contribution in [2.24, 2.45) is 5.92 Å². The lowest BCUT2D eigenvalue weighted by atomic mass is 10.1. The van der Waals surface area contributed by atoms with Crippen molar-refractivity contribution in [1.29, 1.82) is 0 Å². The first-order chi connectivity index (χ1) is 11.4. The summed E-state index contributed by atoms with van der Waals surface area (Å²) < 4.78 is 0.861. The molecule has 1 atom stereocenters. The van der Waals surface area contributed by atoms with Gasteiger partial charge in [0.05, 0.1) is 5.92 Å². The van der Waals surface area contributed by atoms with Crippen molar-refractivity contribution in [3.8, 4) is 0 Å². The highest BCUT2D eigenvalue weighted by Crippen LogP contribution is 2.26. The van der Waals surface area contributed by atoms with E-state index in [9.17, 15) is 9.59 Å². The van der Waals surface area contributed by atoms with Gasteiger partial charge in [0.2, 0.25) is 11.8 Å². The van der Waals surface area contributed by atoms with Crippen LogP contribution in [0.5, 0.6) is 0 Å². The molecule has 1 aromatic carbocycles. The molecule has 24 heavy (non-hydrogen) atoms. The molecule has 1 aliphatic rings. The Morgan fingerprint density at radius 2 is 2.00 bits per heavy atom. The largest absolute Gasteiger partial charge is 0.312 e. The van der Waals surface area contributed by atoms with Crippen molar-refractivity contribution in [3.05, 3.63) is 52.1 Å². The number of rotatable bonds is 3. The second-order valence-corrected chi connectivity index (χ2v) is 6.96. The van der Waals surface area contributed by atoms with Crippen LogP contribution in [0.3, 0.4) is 0 Å². The van der Waals surface area contributed by atoms with E-state index >= 15 is 0 Å². The summed E-state index contributed by atoms with van der Waals surface area (Å²) in [5.41, 5.74) is 2.84. The highest BCUT2D eigenvalue weighted by molar-refractivity contribution is 9.10. The average Bonchev–Trinajstić information content (AvgIpc) is 2.93. The molecule has 5 nitrogen and oxygen atoms in total. The maximum absolute atomic E-state index is 12.5. The Hall–Kier alpha value is -2.21. The average molecular weight is 388 g/mol. The number of hydrogen-bond acceptors (Lipinski definition) is 3. The number of aryl methyl sites for hydroxylation is 2. The Bertz CT molecular complexity index is 789. The quantitative estimate of drug-likeness (QED) is 0.876. The summed E-state index contributed by atoms with van der Waals surface area (Å²) in [5, 5.41) is 2.83. The van der Waals surface area contributed by atoms with E-state index < -0.39 is 0 Å². The van der Waals surface area contributed by atoms with Gasteiger partial charge in [0.1, 0.15) is 5.82 Å². The molecule has 1 saturated heterocycles. The topological polar surface area (TPSA) is 62.3 Å². The molecule has 2 heterocycles. The molecule has 124 valence electrons. The van der Waals surface area contributed by atoms with Crippen LogP contribution in [0.25, 0.3) is 0 Å². The first-order valence-electron chi connectivity index (χ1n) is 7.74. The van der Waals surface area contributed by atoms with Gasteiger partial charge in [0.25, 0.3) is 0 Å². The molecule has 0 radical (unpaired) electrons. The van der Waals surface area contributed by atoms with Crippen LogP contribution in [0, 0.1) is 19.8 Å². The van der Waals surface area contributed by atoms with Gasteiger partial charge in [0.15, 0.2) is 0 Å². The van der Waals surface area contributed by atoms with Crippen LogP contribution >= 0.6 is 15.9 Å². The Morgan fingerprint density at radius 3 is 2.67 bits per heavy atom. The third kappa shape index (κ3) is 3.48. The lowest BCUT2D eigenvalue weighted by Crippen LogP contribution is -2.28. The summed E-state index contributed by atoms with van der Waals surface area (Å²) in [6, 6.07) is 9.64. The van der Waals surface area contributed by atoms with Crippen molar-refractivity contribution in [1.82, 2.24) is 4.98 Å². The van der Waals surface area contributed by atoms with E-state index in [4.69, 9.17) is 0 Å². The molecule has 0 aliphatic carbocycles. The van der Waals surface area contributed by atoms with E-state index in [-0.39, 0.29) is 24.2 Å². The van der Waals surface area contributed by atoms with Crippen LogP contribution in [0.4, 0.5) is 11.5 Å². The van der Waals surface area contributed by atoms with E-state index in [0.717, 1.165) is 21.3 Å². The number of hydrogen-bond donors (Lipinski definition) is 1. The first kappa shape index (κ1) is 16.6. The van der Waals surface area contributed by atoms with Crippen LogP contribution < -0.4 is 10.2 Å². The third-order valence-corrected chi connectivity index (χ3v) is 4.56. The van der Waals surface area contributed by atoms with Gasteiger partial charge < -0.3 is 10.2 Å². The second kappa shape index (κ2) is 6.73. The number of carbonyl (C=O) groups is 2. The van der Waals surface area contributed by atoms with Crippen molar-refractivity contribution >= 4 is 39.2 Å². The fourth-order valence-corrected chi connectivity index (χ4v) is 3.19. The van der Waals surface area contributed by atoms with Crippen molar-refractivity contribution in [2.45, 2.75) is 20.3 Å². The molecule has 2 amide bonds. The fourth-order valence-electron chi connectivity index (χ4n) is 2.75. The Labute approximate surface area is 149 Å². The lowest BCUT2D eigenvalue weighted by Gasteiger charge is -2.17. The zero-order valence-electron chi connectivity index (χ0n) is 13.5. The minimum Gasteiger partial charge on any atom is -0.312 e. The molecule has 1 aromatic heterocycles. The zero-order valence-corrected chi connectivity index (χ0v) is 15.1. The summed E-state index contributed by atoms with van der Waals surface area (Å²) in [6.45, 7) is 4.27. The minimum atomic E-state index is -0.372. The zero-order chi connectivity index (χ0) is 17.3. The van der Waals surface area contributed by atoms with Crippen LogP contribution in [-0.4, -0.2) is 23.3 Å². The lowest BCUT2D eigenvalue weighted by molar-refractivity contribution is -0.122. The molecule has 0 spiro atoms. The number of nitrogens with one attached hydrogen (secondary N) is 1. The monoisotopic (exact) mass is 387 g/mol. The fraction of sp³-hybridized carbons (Fsp3) is 0.278. The Morgan fingerprint density at radius 1 is 1.29 bits per heavy atom. The van der Waals surface area contributed by atoms with Crippen molar-refractivity contribution in [2.75, 3.05) is 16.8 Å². The van der Waals surface area contributed by atoms with E-state index in [2.05, 4.69) is 26.2 Å². The van der Waals surface area contributed by atoms with Crippen LogP contribution in [0.1, 0.15) is 17.5 Å². The summed E-state index contributed by atoms with van der Waals surface area (Å²) in [7, 11) is 0. The first-order valence-corrected chi connectivity index (χ1v) is 8.53. The highest BCUT2D eigenvalue weighted by Gasteiger charge is 2.35. The number of anilines is 2. The van der Waals surface area contributed by atoms with E-state index in [0.29, 0.717) is 12.4 Å². The predicted octanol–water partition coefficient (Wildman–Crippen LogP) is 3.45. The number of nitrogens with zero attached hydrogens (tertiary/aromatic N) is 2. The summed E-state index contributed by atoms with van der Waals surface area (Å²) in [6.07, 6.45) is 1.86. The molecule has 2 aromatic rings. The van der Waals surface area contributed by atoms with Gasteiger partial charge in [-0.05, 0) is 53.5 Å². The normalized spacial score (nSPS) is 17.2. The van der Waals surface area contributed by atoms with E-state index in [1.54, 1.807) is 11.1 Å². The van der Waals surface area contributed by atoms with E-state index in [1.807, 2.05) is 44.2 Å². The summed E-state index contributed by atoms with van der Waals surface area (Å²) in [5.74, 6) is -0.0385. The molecule has 1 fully saturated rings. The van der Waals surface area contributed by atoms with Gasteiger partial charge >= 0.3 is 0 Å². The molecule has 0 saturated carbocycles. The number of aromatic nitrogens is 1. The van der Waals surface area contributed by atoms with Gasteiger partial charge in [-0.25, -0.2) is 4.98 Å². The van der Waals surface area contributed by atoms with Gasteiger partial charge in [0, 0.05) is 29.3 Å². The maximum atomic E-state index is 12.5. The molecular formula is C18H18BrN3O2. The molecular weight excluding hydrogens is 370 g/mol. The standard InChI is InChI=1S/C18H18BrN3O2/c1-11-3-5-15(6-4-11)22-10-13(8-16(22)23)18(24)21-17-12(2)7-14(19)9-20-17/h3-7,9,13H,8,10H2,1-2H3,(H,20,21,24). The molecule has 1 aliphatic heterocycles. The molecule has 1 unspecified atom stereocenters. The van der Waals surface area contributed by atoms with Gasteiger partial charge in [-0.1, -0.05) is 17.7 Å². The maximum Gasteiger partial charge on any atom is 0.230 e. The van der Waals surface area contributed by atoms with Gasteiger partial charge in [-0.3, -0.25) is 9.59 Å². The van der Waals surface area contributed by atoms with Gasteiger partial charge in [-0.15, -0.1) is 0 Å². The second-order valence-electron chi connectivity index (χ2n) is 6.05. The number of halogens is 1. The Kier molecular flexibility index (Phi) is 4.66. The van der Waals surface area contributed by atoms with Crippen LogP contribution in [-0.2, 0) is 9.59 Å². The number of benzene rings is 1. The third-order valence-electron chi connectivity index (χ3n) is 4.13. The molecule has 6 heteroatoms. The SMILES string of the molecule is Cc1ccc(N2CC(C(=O)Nc3ncc(Br)cc3C)CC2=O)cc1. The Balaban J connectivity index is 1.70. The summed E-state index contributed by atoms with van der Waals surface area (Å²) in [4.78, 5) is 30.6. The number of amides is 2. The van der Waals surface area contributed by atoms with Crippen molar-refractivity contribution < 1.29 is 9.59 Å². The van der Waals surface area contributed by atoms with Crippen molar-refractivity contribution in [3.63, 3.8) is 0 Å². The molecule has 1 N–H and O–H groups in total. The number of carbonyl (C=O) groups excluding carboxylic acids is 2.